The van der Waals surface area contributed by atoms with Gasteiger partial charge in [-0.25, -0.2) is 0 Å². The summed E-state index contributed by atoms with van der Waals surface area (Å²) in [7, 11) is -1.29. The van der Waals surface area contributed by atoms with Gasteiger partial charge in [-0.15, -0.1) is 0 Å². The van der Waals surface area contributed by atoms with Crippen LogP contribution in [0.3, 0.4) is 0 Å². The summed E-state index contributed by atoms with van der Waals surface area (Å²) in [5, 5.41) is 3.84. The molecule has 2 amide bonds. The van der Waals surface area contributed by atoms with E-state index in [9.17, 15) is 9.59 Å². The molecule has 0 radical (unpaired) electrons. The number of hydrogen-bond acceptors (Lipinski definition) is 2. The Kier molecular flexibility index (Phi) is 4.67. The van der Waals surface area contributed by atoms with Gasteiger partial charge in [0, 0.05) is 0 Å². The zero-order valence-electron chi connectivity index (χ0n) is 11.1. The lowest BCUT2D eigenvalue weighted by Crippen LogP contribution is -2.37. The maximum Gasteiger partial charge on any atom is 0.236 e. The topological polar surface area (TPSA) is 72.2 Å². The SMILES string of the molecule is C[Si](C)(C)c1ccc(CC(=O)NCC(N)=O)cc1. The van der Waals surface area contributed by atoms with E-state index < -0.39 is 14.0 Å². The smallest absolute Gasteiger partial charge is 0.236 e. The number of amides is 2. The highest BCUT2D eigenvalue weighted by Crippen LogP contribution is 2.05. The van der Waals surface area contributed by atoms with E-state index in [4.69, 9.17) is 5.73 Å². The average Bonchev–Trinajstić information content (AvgIpc) is 2.26. The van der Waals surface area contributed by atoms with Gasteiger partial charge in [0.2, 0.25) is 11.8 Å². The minimum atomic E-state index is -1.29. The lowest BCUT2D eigenvalue weighted by Gasteiger charge is -2.16. The molecule has 0 spiro atoms. The van der Waals surface area contributed by atoms with Gasteiger partial charge in [0.05, 0.1) is 21.0 Å². The van der Waals surface area contributed by atoms with E-state index >= 15 is 0 Å². The zero-order chi connectivity index (χ0) is 13.8. The van der Waals surface area contributed by atoms with Gasteiger partial charge in [0.15, 0.2) is 0 Å². The third-order valence-electron chi connectivity index (χ3n) is 2.64. The van der Waals surface area contributed by atoms with Gasteiger partial charge in [-0.05, 0) is 5.56 Å². The van der Waals surface area contributed by atoms with Gasteiger partial charge < -0.3 is 11.1 Å². The molecule has 18 heavy (non-hydrogen) atoms. The van der Waals surface area contributed by atoms with Crippen molar-refractivity contribution in [3.63, 3.8) is 0 Å². The van der Waals surface area contributed by atoms with Crippen molar-refractivity contribution < 1.29 is 9.59 Å². The van der Waals surface area contributed by atoms with Crippen LogP contribution in [0.4, 0.5) is 0 Å². The van der Waals surface area contributed by atoms with Crippen molar-refractivity contribution in [3.8, 4) is 0 Å². The van der Waals surface area contributed by atoms with Crippen LogP contribution >= 0.6 is 0 Å². The zero-order valence-corrected chi connectivity index (χ0v) is 12.1. The van der Waals surface area contributed by atoms with E-state index in [-0.39, 0.29) is 18.9 Å². The minimum absolute atomic E-state index is 0.105. The summed E-state index contributed by atoms with van der Waals surface area (Å²) in [5.74, 6) is -0.716. The Labute approximate surface area is 109 Å². The first kappa shape index (κ1) is 14.4. The summed E-state index contributed by atoms with van der Waals surface area (Å²) in [6, 6.07) is 8.11. The van der Waals surface area contributed by atoms with Gasteiger partial charge in [-0.2, -0.15) is 0 Å². The number of primary amides is 1. The highest BCUT2D eigenvalue weighted by atomic mass is 28.3. The highest BCUT2D eigenvalue weighted by molar-refractivity contribution is 6.88. The fraction of sp³-hybridized carbons (Fsp3) is 0.385. The lowest BCUT2D eigenvalue weighted by atomic mass is 10.1. The van der Waals surface area contributed by atoms with E-state index in [2.05, 4.69) is 37.1 Å². The first-order chi connectivity index (χ1) is 8.29. The molecule has 98 valence electrons. The van der Waals surface area contributed by atoms with Crippen molar-refractivity contribution in [2.45, 2.75) is 26.1 Å². The molecular weight excluding hydrogens is 244 g/mol. The van der Waals surface area contributed by atoms with Crippen molar-refractivity contribution in [3.05, 3.63) is 29.8 Å². The van der Waals surface area contributed by atoms with Crippen LogP contribution in [0.5, 0.6) is 0 Å². The van der Waals surface area contributed by atoms with Gasteiger partial charge in [-0.1, -0.05) is 49.1 Å². The number of nitrogens with one attached hydrogen (secondary N) is 1. The molecule has 1 aromatic rings. The average molecular weight is 264 g/mol. The van der Waals surface area contributed by atoms with Crippen LogP contribution in [-0.4, -0.2) is 26.4 Å². The Morgan fingerprint density at radius 2 is 1.72 bits per heavy atom. The largest absolute Gasteiger partial charge is 0.368 e. The molecule has 0 aromatic heterocycles. The monoisotopic (exact) mass is 264 g/mol. The number of carbonyl (C=O) groups is 2. The molecule has 0 fully saturated rings. The van der Waals surface area contributed by atoms with Crippen LogP contribution in [-0.2, 0) is 16.0 Å². The molecule has 0 aliphatic rings. The number of carbonyl (C=O) groups excluding carboxylic acids is 2. The van der Waals surface area contributed by atoms with Crippen LogP contribution in [0.25, 0.3) is 0 Å². The Morgan fingerprint density at radius 3 is 2.17 bits per heavy atom. The number of nitrogens with two attached hydrogens (primary N) is 1. The number of benzene rings is 1. The summed E-state index contributed by atoms with van der Waals surface area (Å²) in [4.78, 5) is 22.0. The van der Waals surface area contributed by atoms with Crippen molar-refractivity contribution in [2.75, 3.05) is 6.54 Å². The normalized spacial score (nSPS) is 11.1. The molecule has 3 N–H and O–H groups in total. The van der Waals surface area contributed by atoms with E-state index in [1.165, 1.54) is 5.19 Å². The van der Waals surface area contributed by atoms with Crippen LogP contribution in [0.15, 0.2) is 24.3 Å². The van der Waals surface area contributed by atoms with Crippen molar-refractivity contribution >= 4 is 25.1 Å². The Bertz CT molecular complexity index is 435. The van der Waals surface area contributed by atoms with E-state index in [1.54, 1.807) is 0 Å². The summed E-state index contributed by atoms with van der Waals surface area (Å²) in [5.41, 5.74) is 5.90. The molecule has 1 rings (SSSR count). The standard InChI is InChI=1S/C13H20N2O2Si/c1-18(2,3)11-6-4-10(5-7-11)8-13(17)15-9-12(14)16/h4-7H,8-9H2,1-3H3,(H2,14,16)(H,15,17). The second kappa shape index (κ2) is 5.82. The first-order valence-corrected chi connectivity index (χ1v) is 9.43. The molecule has 0 unspecified atom stereocenters. The number of rotatable bonds is 5. The molecule has 0 bridgehead atoms. The van der Waals surface area contributed by atoms with Crippen molar-refractivity contribution in [1.29, 1.82) is 0 Å². The summed E-state index contributed by atoms with van der Waals surface area (Å²) in [6.07, 6.45) is 0.277. The summed E-state index contributed by atoms with van der Waals surface area (Å²) in [6.45, 7) is 6.73. The van der Waals surface area contributed by atoms with Crippen molar-refractivity contribution in [2.24, 2.45) is 5.73 Å². The summed E-state index contributed by atoms with van der Waals surface area (Å²) >= 11 is 0. The molecule has 1 aromatic carbocycles. The van der Waals surface area contributed by atoms with Crippen LogP contribution < -0.4 is 16.2 Å². The minimum Gasteiger partial charge on any atom is -0.368 e. The van der Waals surface area contributed by atoms with E-state index in [1.807, 2.05) is 12.1 Å². The maximum atomic E-state index is 11.5. The summed E-state index contributed by atoms with van der Waals surface area (Å²) < 4.78 is 0. The number of hydrogen-bond donors (Lipinski definition) is 2. The quantitative estimate of drug-likeness (QED) is 0.755. The van der Waals surface area contributed by atoms with Crippen molar-refractivity contribution in [1.82, 2.24) is 5.32 Å². The van der Waals surface area contributed by atoms with Crippen LogP contribution in [0.1, 0.15) is 5.56 Å². The first-order valence-electron chi connectivity index (χ1n) is 5.93. The van der Waals surface area contributed by atoms with Crippen LogP contribution in [0, 0.1) is 0 Å². The van der Waals surface area contributed by atoms with Gasteiger partial charge in [-0.3, -0.25) is 9.59 Å². The van der Waals surface area contributed by atoms with E-state index in [0.717, 1.165) is 5.56 Å². The fourth-order valence-electron chi connectivity index (χ4n) is 1.56. The molecule has 0 aliphatic carbocycles. The fourth-order valence-corrected chi connectivity index (χ4v) is 2.72. The third-order valence-corrected chi connectivity index (χ3v) is 4.71. The molecule has 0 atom stereocenters. The van der Waals surface area contributed by atoms with Gasteiger partial charge in [0.1, 0.15) is 0 Å². The molecule has 0 saturated carbocycles. The van der Waals surface area contributed by atoms with Gasteiger partial charge in [0.25, 0.3) is 0 Å². The molecule has 0 saturated heterocycles. The molecule has 0 heterocycles. The molecule has 0 aliphatic heterocycles. The predicted octanol–water partition coefficient (Wildman–Crippen LogP) is 0.376. The molecular formula is C13H20N2O2Si. The maximum absolute atomic E-state index is 11.5. The highest BCUT2D eigenvalue weighted by Gasteiger charge is 2.15. The Morgan fingerprint density at radius 1 is 1.17 bits per heavy atom. The second-order valence-electron chi connectivity index (χ2n) is 5.37. The van der Waals surface area contributed by atoms with Gasteiger partial charge >= 0.3 is 0 Å². The van der Waals surface area contributed by atoms with Crippen LogP contribution in [0.2, 0.25) is 19.6 Å². The lowest BCUT2D eigenvalue weighted by molar-refractivity contribution is -0.124. The predicted molar refractivity (Wildman–Crippen MR) is 75.3 cm³/mol. The second-order valence-corrected chi connectivity index (χ2v) is 10.4. The Hall–Kier alpha value is -1.62. The molecule has 4 nitrogen and oxygen atoms in total. The van der Waals surface area contributed by atoms with E-state index in [0.29, 0.717) is 0 Å². The molecule has 5 heteroatoms. The third kappa shape index (κ3) is 4.71. The Balaban J connectivity index is 2.59.